The van der Waals surface area contributed by atoms with Crippen LogP contribution in [0.1, 0.15) is 60.8 Å². The largest absolute Gasteiger partial charge is 0.489 e. The molecule has 7 nitrogen and oxygen atoms in total. The van der Waals surface area contributed by atoms with E-state index in [0.29, 0.717) is 39.4 Å². The van der Waals surface area contributed by atoms with E-state index in [0.717, 1.165) is 10.5 Å². The molecule has 3 amide bonds. The molecule has 0 saturated heterocycles. The van der Waals surface area contributed by atoms with Crippen molar-refractivity contribution in [3.63, 3.8) is 0 Å². The average Bonchev–Trinajstić information content (AvgIpc) is 3.14. The van der Waals surface area contributed by atoms with Gasteiger partial charge in [0.05, 0.1) is 33.6 Å². The maximum atomic E-state index is 13.2. The molecular formula is C29H26BrClN2O5. The lowest BCUT2D eigenvalue weighted by Crippen LogP contribution is -2.47. The maximum Gasteiger partial charge on any atom is 0.261 e. The molecule has 0 saturated carbocycles. The van der Waals surface area contributed by atoms with Crippen molar-refractivity contribution in [3.05, 3.63) is 99.6 Å². The summed E-state index contributed by atoms with van der Waals surface area (Å²) in [5.74, 6) is -0.786. The second-order valence-electron chi connectivity index (χ2n) is 9.21. The van der Waals surface area contributed by atoms with Crippen molar-refractivity contribution >= 4 is 51.0 Å². The molecule has 0 radical (unpaired) electrons. The van der Waals surface area contributed by atoms with Gasteiger partial charge in [-0.3, -0.25) is 24.1 Å². The second-order valence-corrected chi connectivity index (χ2v) is 10.2. The molecule has 1 atom stereocenters. The summed E-state index contributed by atoms with van der Waals surface area (Å²) in [6.45, 7) is 3.73. The van der Waals surface area contributed by atoms with Crippen LogP contribution in [0.5, 0.6) is 5.75 Å². The fourth-order valence-electron chi connectivity index (χ4n) is 4.24. The van der Waals surface area contributed by atoms with Crippen molar-refractivity contribution < 1.29 is 23.9 Å². The number of fused-ring (bicyclic) bond motifs is 1. The highest BCUT2D eigenvalue weighted by Gasteiger charge is 2.36. The highest BCUT2D eigenvalue weighted by molar-refractivity contribution is 9.09. The van der Waals surface area contributed by atoms with Crippen LogP contribution in [-0.2, 0) is 6.42 Å². The van der Waals surface area contributed by atoms with E-state index in [-0.39, 0.29) is 23.8 Å². The summed E-state index contributed by atoms with van der Waals surface area (Å²) in [5.41, 5.74) is 2.39. The lowest BCUT2D eigenvalue weighted by molar-refractivity contribution is 0.0628. The standard InChI is InChI=1S/C29H26BrClN2O5/c1-17(2)38-26-12-11-20(14-24(26)31)27(35)32-21(13-18-7-9-19(10-8-18)25(34)15-30)16-33-28(36)22-5-3-4-6-23(22)29(33)37/h3-12,14,17,21H,13,15-16H2,1-2H3,(H,32,35)/t21-/m0/s1. The Morgan fingerprint density at radius 1 is 0.947 bits per heavy atom. The van der Waals surface area contributed by atoms with Gasteiger partial charge in [0.1, 0.15) is 5.75 Å². The molecule has 1 N–H and O–H groups in total. The number of halogens is 2. The summed E-state index contributed by atoms with van der Waals surface area (Å²) < 4.78 is 5.65. The molecule has 0 fully saturated rings. The van der Waals surface area contributed by atoms with Gasteiger partial charge < -0.3 is 10.1 Å². The summed E-state index contributed by atoms with van der Waals surface area (Å²) in [5, 5.41) is 3.47. The summed E-state index contributed by atoms with van der Waals surface area (Å²) in [6.07, 6.45) is 0.247. The Morgan fingerprint density at radius 2 is 1.55 bits per heavy atom. The minimum Gasteiger partial charge on any atom is -0.489 e. The zero-order valence-electron chi connectivity index (χ0n) is 20.9. The van der Waals surface area contributed by atoms with Crippen LogP contribution in [0.2, 0.25) is 5.02 Å². The third kappa shape index (κ3) is 6.14. The van der Waals surface area contributed by atoms with E-state index in [1.165, 1.54) is 6.07 Å². The van der Waals surface area contributed by atoms with Crippen LogP contribution in [0.15, 0.2) is 66.7 Å². The van der Waals surface area contributed by atoms with Gasteiger partial charge in [-0.25, -0.2) is 0 Å². The molecule has 0 unspecified atom stereocenters. The SMILES string of the molecule is CC(C)Oc1ccc(C(=O)N[C@@H](Cc2ccc(C(=O)CBr)cc2)CN2C(=O)c3ccccc3C2=O)cc1Cl. The minimum atomic E-state index is -0.604. The lowest BCUT2D eigenvalue weighted by atomic mass is 10.0. The first-order valence-electron chi connectivity index (χ1n) is 12.1. The Bertz CT molecular complexity index is 1350. The molecule has 3 aromatic rings. The Labute approximate surface area is 234 Å². The molecule has 1 aliphatic heterocycles. The number of nitrogens with one attached hydrogen (secondary N) is 1. The first-order chi connectivity index (χ1) is 18.2. The number of benzene rings is 3. The number of hydrogen-bond acceptors (Lipinski definition) is 5. The number of alkyl halides is 1. The van der Waals surface area contributed by atoms with Crippen molar-refractivity contribution in [3.8, 4) is 5.75 Å². The second kappa shape index (κ2) is 11.9. The molecule has 3 aromatic carbocycles. The summed E-state index contributed by atoms with van der Waals surface area (Å²) >= 11 is 9.50. The highest BCUT2D eigenvalue weighted by atomic mass is 79.9. The number of carbonyl (C=O) groups is 4. The topological polar surface area (TPSA) is 92.8 Å². The molecule has 4 rings (SSSR count). The van der Waals surface area contributed by atoms with E-state index in [9.17, 15) is 19.2 Å². The van der Waals surface area contributed by atoms with Gasteiger partial charge in [0.15, 0.2) is 5.78 Å². The fraction of sp³-hybridized carbons (Fsp3) is 0.241. The monoisotopic (exact) mass is 596 g/mol. The molecular weight excluding hydrogens is 572 g/mol. The van der Waals surface area contributed by atoms with Crippen molar-refractivity contribution in [2.45, 2.75) is 32.4 Å². The molecule has 0 bridgehead atoms. The van der Waals surface area contributed by atoms with Crippen molar-refractivity contribution in [1.29, 1.82) is 0 Å². The minimum absolute atomic E-state index is 0.0254. The zero-order chi connectivity index (χ0) is 27.4. The zero-order valence-corrected chi connectivity index (χ0v) is 23.2. The normalized spacial score (nSPS) is 13.4. The number of hydrogen-bond donors (Lipinski definition) is 1. The number of carbonyl (C=O) groups excluding carboxylic acids is 4. The molecule has 196 valence electrons. The first-order valence-corrected chi connectivity index (χ1v) is 13.6. The van der Waals surface area contributed by atoms with Crippen molar-refractivity contribution in [2.75, 3.05) is 11.9 Å². The fourth-order valence-corrected chi connectivity index (χ4v) is 4.78. The quantitative estimate of drug-likeness (QED) is 0.193. The lowest BCUT2D eigenvalue weighted by Gasteiger charge is -2.24. The predicted molar refractivity (Wildman–Crippen MR) is 149 cm³/mol. The molecule has 38 heavy (non-hydrogen) atoms. The highest BCUT2D eigenvalue weighted by Crippen LogP contribution is 2.27. The van der Waals surface area contributed by atoms with Gasteiger partial charge in [0.2, 0.25) is 0 Å². The third-order valence-electron chi connectivity index (χ3n) is 6.05. The van der Waals surface area contributed by atoms with Gasteiger partial charge in [0.25, 0.3) is 17.7 Å². The van der Waals surface area contributed by atoms with Crippen LogP contribution in [0.4, 0.5) is 0 Å². The Balaban J connectivity index is 1.57. The number of rotatable bonds is 10. The molecule has 1 aliphatic rings. The number of Topliss-reactive ketones (excluding diaryl/α,β-unsaturated/α-hetero) is 1. The Kier molecular flexibility index (Phi) is 8.64. The summed E-state index contributed by atoms with van der Waals surface area (Å²) in [7, 11) is 0. The van der Waals surface area contributed by atoms with Crippen molar-refractivity contribution in [2.24, 2.45) is 0 Å². The van der Waals surface area contributed by atoms with Crippen LogP contribution in [-0.4, -0.2) is 52.4 Å². The smallest absolute Gasteiger partial charge is 0.261 e. The van der Waals surface area contributed by atoms with Crippen LogP contribution >= 0.6 is 27.5 Å². The van der Waals surface area contributed by atoms with Gasteiger partial charge in [0, 0.05) is 17.7 Å². The van der Waals surface area contributed by atoms with E-state index >= 15 is 0 Å². The van der Waals surface area contributed by atoms with E-state index in [1.54, 1.807) is 60.7 Å². The van der Waals surface area contributed by atoms with Gasteiger partial charge in [-0.2, -0.15) is 0 Å². The molecule has 0 spiro atoms. The summed E-state index contributed by atoms with van der Waals surface area (Å²) in [6, 6.07) is 17.8. The van der Waals surface area contributed by atoms with Crippen LogP contribution in [0, 0.1) is 0 Å². The number of ether oxygens (including phenoxy) is 1. The molecule has 1 heterocycles. The van der Waals surface area contributed by atoms with Crippen molar-refractivity contribution in [1.82, 2.24) is 10.2 Å². The Hall–Kier alpha value is -3.49. The van der Waals surface area contributed by atoms with Gasteiger partial charge in [-0.1, -0.05) is 63.9 Å². The summed E-state index contributed by atoms with van der Waals surface area (Å²) in [4.78, 5) is 52.3. The van der Waals surface area contributed by atoms with E-state index < -0.39 is 23.8 Å². The number of amides is 3. The van der Waals surface area contributed by atoms with E-state index in [4.69, 9.17) is 16.3 Å². The average molecular weight is 598 g/mol. The predicted octanol–water partition coefficient (Wildman–Crippen LogP) is 5.34. The Morgan fingerprint density at radius 3 is 2.11 bits per heavy atom. The first kappa shape index (κ1) is 27.5. The molecule has 0 aromatic heterocycles. The number of ketones is 1. The van der Waals surface area contributed by atoms with Crippen LogP contribution < -0.4 is 10.1 Å². The van der Waals surface area contributed by atoms with E-state index in [2.05, 4.69) is 21.2 Å². The van der Waals surface area contributed by atoms with Crippen LogP contribution in [0.3, 0.4) is 0 Å². The van der Waals surface area contributed by atoms with Gasteiger partial charge >= 0.3 is 0 Å². The molecule has 9 heteroatoms. The van der Waals surface area contributed by atoms with E-state index in [1.807, 2.05) is 13.8 Å². The van der Waals surface area contributed by atoms with Gasteiger partial charge in [-0.15, -0.1) is 0 Å². The number of nitrogens with zero attached hydrogens (tertiary/aromatic N) is 1. The van der Waals surface area contributed by atoms with Gasteiger partial charge in [-0.05, 0) is 56.2 Å². The molecule has 0 aliphatic carbocycles. The maximum absolute atomic E-state index is 13.2. The number of imide groups is 1. The third-order valence-corrected chi connectivity index (χ3v) is 6.86. The van der Waals surface area contributed by atoms with Crippen LogP contribution in [0.25, 0.3) is 0 Å².